The maximum absolute atomic E-state index is 4.47. The molecular weight excluding hydrogens is 278 g/mol. The molecule has 0 aliphatic heterocycles. The monoisotopic (exact) mass is 297 g/mol. The van der Waals surface area contributed by atoms with Crippen LogP contribution in [0.2, 0.25) is 0 Å². The molecule has 1 N–H and O–H groups in total. The van der Waals surface area contributed by atoms with E-state index in [-0.39, 0.29) is 0 Å². The van der Waals surface area contributed by atoms with Gasteiger partial charge in [0.1, 0.15) is 0 Å². The number of benzene rings is 1. The second kappa shape index (κ2) is 5.28. The van der Waals surface area contributed by atoms with Crippen molar-refractivity contribution in [2.75, 3.05) is 0 Å². The van der Waals surface area contributed by atoms with Crippen LogP contribution in [-0.2, 0) is 13.1 Å². The van der Waals surface area contributed by atoms with Gasteiger partial charge in [-0.2, -0.15) is 0 Å². The smallest absolute Gasteiger partial charge is 0.0961 e. The second-order valence-electron chi connectivity index (χ2n) is 5.81. The normalized spacial score (nSPS) is 14.9. The third kappa shape index (κ3) is 2.74. The summed E-state index contributed by atoms with van der Waals surface area (Å²) in [6.07, 6.45) is 4.64. The van der Waals surface area contributed by atoms with E-state index < -0.39 is 0 Å². The Hall–Kier alpha value is -1.65. The molecular formula is C17H19N3S. The number of rotatable bonds is 5. The van der Waals surface area contributed by atoms with Crippen molar-refractivity contribution < 1.29 is 0 Å². The van der Waals surface area contributed by atoms with E-state index in [0.29, 0.717) is 0 Å². The van der Waals surface area contributed by atoms with Crippen molar-refractivity contribution in [1.82, 2.24) is 14.9 Å². The van der Waals surface area contributed by atoms with E-state index in [4.69, 9.17) is 0 Å². The lowest BCUT2D eigenvalue weighted by molar-refractivity contribution is 0.694. The van der Waals surface area contributed by atoms with Crippen LogP contribution in [0.5, 0.6) is 0 Å². The number of aryl methyl sites for hydroxylation is 1. The molecule has 3 aromatic rings. The van der Waals surface area contributed by atoms with Gasteiger partial charge in [0.25, 0.3) is 0 Å². The predicted molar refractivity (Wildman–Crippen MR) is 87.8 cm³/mol. The predicted octanol–water partition coefficient (Wildman–Crippen LogP) is 3.71. The van der Waals surface area contributed by atoms with Crippen molar-refractivity contribution in [1.29, 1.82) is 0 Å². The van der Waals surface area contributed by atoms with Gasteiger partial charge in [-0.05, 0) is 43.5 Å². The van der Waals surface area contributed by atoms with Crippen molar-refractivity contribution in [3.05, 3.63) is 52.0 Å². The summed E-state index contributed by atoms with van der Waals surface area (Å²) in [5.41, 5.74) is 3.69. The van der Waals surface area contributed by atoms with Crippen LogP contribution in [0.3, 0.4) is 0 Å². The van der Waals surface area contributed by atoms with Gasteiger partial charge in [-0.25, -0.2) is 4.98 Å². The molecule has 0 spiro atoms. The quantitative estimate of drug-likeness (QED) is 0.778. The first-order valence-corrected chi connectivity index (χ1v) is 8.33. The highest BCUT2D eigenvalue weighted by Gasteiger charge is 2.20. The van der Waals surface area contributed by atoms with Crippen LogP contribution >= 0.6 is 11.3 Å². The summed E-state index contributed by atoms with van der Waals surface area (Å²) in [5.74, 6) is 0. The second-order valence-corrected chi connectivity index (χ2v) is 7.15. The number of nitrogens with zero attached hydrogens (tertiary/aromatic N) is 2. The highest BCUT2D eigenvalue weighted by Crippen LogP contribution is 2.25. The molecule has 4 heteroatoms. The number of imidazole rings is 1. The van der Waals surface area contributed by atoms with Gasteiger partial charge < -0.3 is 9.88 Å². The third-order valence-corrected chi connectivity index (χ3v) is 5.17. The number of hydrogen-bond donors (Lipinski definition) is 1. The average Bonchev–Trinajstić information content (AvgIpc) is 3.15. The van der Waals surface area contributed by atoms with Crippen LogP contribution in [0.1, 0.15) is 28.2 Å². The lowest BCUT2D eigenvalue weighted by Gasteiger charge is -2.03. The van der Waals surface area contributed by atoms with Gasteiger partial charge in [-0.1, -0.05) is 12.1 Å². The van der Waals surface area contributed by atoms with E-state index in [1.165, 1.54) is 33.7 Å². The van der Waals surface area contributed by atoms with Gasteiger partial charge in [-0.15, -0.1) is 11.3 Å². The number of para-hydroxylation sites is 2. The van der Waals surface area contributed by atoms with Crippen LogP contribution in [0, 0.1) is 6.92 Å². The number of thiophene rings is 1. The average molecular weight is 297 g/mol. The van der Waals surface area contributed by atoms with Gasteiger partial charge in [-0.3, -0.25) is 0 Å². The third-order valence-electron chi connectivity index (χ3n) is 4.08. The first-order valence-electron chi connectivity index (χ1n) is 7.51. The van der Waals surface area contributed by atoms with Crippen molar-refractivity contribution in [3.8, 4) is 0 Å². The highest BCUT2D eigenvalue weighted by molar-refractivity contribution is 7.12. The molecule has 1 aromatic carbocycles. The topological polar surface area (TPSA) is 29.9 Å². The molecule has 21 heavy (non-hydrogen) atoms. The summed E-state index contributed by atoms with van der Waals surface area (Å²) in [6.45, 7) is 4.15. The molecule has 0 amide bonds. The van der Waals surface area contributed by atoms with Gasteiger partial charge in [0.15, 0.2) is 0 Å². The molecule has 3 nitrogen and oxygen atoms in total. The van der Waals surface area contributed by atoms with Gasteiger partial charge in [0.05, 0.1) is 23.9 Å². The van der Waals surface area contributed by atoms with Crippen molar-refractivity contribution in [3.63, 3.8) is 0 Å². The molecule has 0 unspecified atom stereocenters. The fourth-order valence-corrected chi connectivity index (χ4v) is 3.69. The minimum absolute atomic E-state index is 0.772. The first kappa shape index (κ1) is 13.0. The molecule has 1 fully saturated rings. The summed E-state index contributed by atoms with van der Waals surface area (Å²) in [6, 6.07) is 11.4. The largest absolute Gasteiger partial charge is 0.326 e. The first-order chi connectivity index (χ1) is 10.3. The molecule has 2 aromatic heterocycles. The lowest BCUT2D eigenvalue weighted by Crippen LogP contribution is -2.14. The maximum Gasteiger partial charge on any atom is 0.0961 e. The number of hydrogen-bond acceptors (Lipinski definition) is 3. The Morgan fingerprint density at radius 1 is 1.33 bits per heavy atom. The minimum atomic E-state index is 0.772. The Balaban J connectivity index is 1.55. The van der Waals surface area contributed by atoms with Gasteiger partial charge in [0.2, 0.25) is 0 Å². The van der Waals surface area contributed by atoms with E-state index in [0.717, 1.165) is 24.6 Å². The molecule has 1 aliphatic carbocycles. The van der Waals surface area contributed by atoms with E-state index in [1.54, 1.807) is 0 Å². The highest BCUT2D eigenvalue weighted by atomic mass is 32.1. The standard InChI is InChI=1S/C17H19N3S/c1-12-13(8-15(21-12)9-18-14-6-7-14)10-20-11-19-16-4-2-3-5-17(16)20/h2-5,8,11,14,18H,6-7,9-10H2,1H3. The number of nitrogens with one attached hydrogen (secondary N) is 1. The van der Waals surface area contributed by atoms with Crippen LogP contribution < -0.4 is 5.32 Å². The van der Waals surface area contributed by atoms with Crippen LogP contribution in [0.25, 0.3) is 11.0 Å². The van der Waals surface area contributed by atoms with Crippen LogP contribution in [0.15, 0.2) is 36.7 Å². The molecule has 4 rings (SSSR count). The van der Waals surface area contributed by atoms with Crippen molar-refractivity contribution in [2.45, 2.75) is 38.9 Å². The summed E-state index contributed by atoms with van der Waals surface area (Å²) in [4.78, 5) is 7.33. The van der Waals surface area contributed by atoms with Crippen LogP contribution in [-0.4, -0.2) is 15.6 Å². The Kier molecular flexibility index (Phi) is 3.28. The van der Waals surface area contributed by atoms with Gasteiger partial charge >= 0.3 is 0 Å². The molecule has 0 saturated heterocycles. The Bertz CT molecular complexity index is 767. The Morgan fingerprint density at radius 3 is 3.05 bits per heavy atom. The van der Waals surface area contributed by atoms with E-state index >= 15 is 0 Å². The molecule has 0 atom stereocenters. The summed E-state index contributed by atoms with van der Waals surface area (Å²) >= 11 is 1.92. The van der Waals surface area contributed by atoms with E-state index in [2.05, 4.69) is 46.1 Å². The maximum atomic E-state index is 4.47. The number of fused-ring (bicyclic) bond motifs is 1. The minimum Gasteiger partial charge on any atom is -0.326 e. The fraction of sp³-hybridized carbons (Fsp3) is 0.353. The molecule has 108 valence electrons. The zero-order valence-corrected chi connectivity index (χ0v) is 13.0. The zero-order chi connectivity index (χ0) is 14.2. The molecule has 0 radical (unpaired) electrons. The lowest BCUT2D eigenvalue weighted by atomic mass is 10.2. The van der Waals surface area contributed by atoms with E-state index in [1.807, 2.05) is 23.7 Å². The van der Waals surface area contributed by atoms with Crippen molar-refractivity contribution >= 4 is 22.4 Å². The van der Waals surface area contributed by atoms with Crippen molar-refractivity contribution in [2.24, 2.45) is 0 Å². The molecule has 1 saturated carbocycles. The Morgan fingerprint density at radius 2 is 2.19 bits per heavy atom. The van der Waals surface area contributed by atoms with E-state index in [9.17, 15) is 0 Å². The number of aromatic nitrogens is 2. The summed E-state index contributed by atoms with van der Waals surface area (Å²) in [5, 5.41) is 3.59. The van der Waals surface area contributed by atoms with Gasteiger partial charge in [0, 0.05) is 22.3 Å². The SMILES string of the molecule is Cc1sc(CNC2CC2)cc1Cn1cnc2ccccc21. The summed E-state index contributed by atoms with van der Waals surface area (Å²) < 4.78 is 2.24. The van der Waals surface area contributed by atoms with Crippen LogP contribution in [0.4, 0.5) is 0 Å². The molecule has 2 heterocycles. The molecule has 1 aliphatic rings. The fourth-order valence-electron chi connectivity index (χ4n) is 2.68. The summed E-state index contributed by atoms with van der Waals surface area (Å²) in [7, 11) is 0. The molecule has 0 bridgehead atoms. The Labute approximate surface area is 128 Å². The zero-order valence-electron chi connectivity index (χ0n) is 12.2.